The van der Waals surface area contributed by atoms with Crippen LogP contribution in [0.15, 0.2) is 6.07 Å². The first-order valence-corrected chi connectivity index (χ1v) is 5.01. The number of rotatable bonds is 3. The Morgan fingerprint density at radius 3 is 2.50 bits per heavy atom. The van der Waals surface area contributed by atoms with Crippen LogP contribution in [0.1, 0.15) is 30.7 Å². The lowest BCUT2D eigenvalue weighted by Crippen LogP contribution is -2.12. The van der Waals surface area contributed by atoms with E-state index in [-0.39, 0.29) is 18.3 Å². The predicted molar refractivity (Wildman–Crippen MR) is 52.5 cm³/mol. The molecule has 0 aliphatic carbocycles. The Bertz CT molecular complexity index is 368. The summed E-state index contributed by atoms with van der Waals surface area (Å²) in [5.74, 6) is -0.215. The minimum absolute atomic E-state index is 0.0973. The highest BCUT2D eigenvalue weighted by atomic mass is 35.5. The van der Waals surface area contributed by atoms with Crippen molar-refractivity contribution in [2.75, 3.05) is 6.61 Å². The van der Waals surface area contributed by atoms with E-state index in [4.69, 9.17) is 16.3 Å². The Labute approximate surface area is 95.6 Å². The highest BCUT2D eigenvalue weighted by Crippen LogP contribution is 2.31. The molecule has 0 N–H and O–H groups in total. The molecule has 3 nitrogen and oxygen atoms in total. The van der Waals surface area contributed by atoms with Crippen molar-refractivity contribution >= 4 is 11.6 Å². The molecule has 0 aliphatic rings. The van der Waals surface area contributed by atoms with Gasteiger partial charge < -0.3 is 4.74 Å². The first-order chi connectivity index (χ1) is 7.34. The van der Waals surface area contributed by atoms with Crippen molar-refractivity contribution in [3.63, 3.8) is 0 Å². The average Bonchev–Trinajstić information content (AvgIpc) is 2.16. The zero-order chi connectivity index (χ0) is 12.3. The number of ether oxygens (including phenoxy) is 1. The highest BCUT2D eigenvalue weighted by molar-refractivity contribution is 6.20. The van der Waals surface area contributed by atoms with Crippen LogP contribution in [0.25, 0.3) is 0 Å². The van der Waals surface area contributed by atoms with Gasteiger partial charge in [0.15, 0.2) is 11.5 Å². The van der Waals surface area contributed by atoms with Crippen LogP contribution < -0.4 is 4.74 Å². The molecule has 0 saturated carbocycles. The van der Waals surface area contributed by atoms with Gasteiger partial charge in [0.05, 0.1) is 12.0 Å². The van der Waals surface area contributed by atoms with Crippen LogP contribution in [-0.4, -0.2) is 16.6 Å². The molecular formula is C9H10ClF3N2O. The maximum Gasteiger partial charge on any atom is 0.433 e. The Hall–Kier alpha value is -1.04. The SMILES string of the molecule is CCOc1cc(C(F)(F)F)nc(C(C)Cl)n1. The third kappa shape index (κ3) is 3.23. The van der Waals surface area contributed by atoms with E-state index >= 15 is 0 Å². The standard InChI is InChI=1S/C9H10ClF3N2O/c1-3-16-7-4-6(9(11,12)13)14-8(15-7)5(2)10/h4-5H,3H2,1-2H3. The van der Waals surface area contributed by atoms with Gasteiger partial charge in [-0.1, -0.05) is 0 Å². The van der Waals surface area contributed by atoms with Crippen LogP contribution in [0.5, 0.6) is 5.88 Å². The molecule has 1 atom stereocenters. The van der Waals surface area contributed by atoms with Crippen LogP contribution in [0.2, 0.25) is 0 Å². The lowest BCUT2D eigenvalue weighted by molar-refractivity contribution is -0.141. The molecule has 0 bridgehead atoms. The van der Waals surface area contributed by atoms with Crippen molar-refractivity contribution in [1.82, 2.24) is 9.97 Å². The minimum atomic E-state index is -4.53. The van der Waals surface area contributed by atoms with E-state index in [9.17, 15) is 13.2 Å². The summed E-state index contributed by atoms with van der Waals surface area (Å²) < 4.78 is 42.3. The summed E-state index contributed by atoms with van der Waals surface area (Å²) >= 11 is 5.65. The van der Waals surface area contributed by atoms with E-state index in [1.807, 2.05) is 0 Å². The van der Waals surface area contributed by atoms with Gasteiger partial charge in [0.25, 0.3) is 0 Å². The fraction of sp³-hybridized carbons (Fsp3) is 0.556. The Morgan fingerprint density at radius 1 is 1.44 bits per heavy atom. The molecular weight excluding hydrogens is 245 g/mol. The molecule has 0 saturated heterocycles. The second-order valence-corrected chi connectivity index (χ2v) is 3.65. The molecule has 1 aromatic rings. The van der Waals surface area contributed by atoms with Crippen molar-refractivity contribution < 1.29 is 17.9 Å². The molecule has 1 aromatic heterocycles. The largest absolute Gasteiger partial charge is 0.478 e. The molecule has 0 aromatic carbocycles. The molecule has 0 amide bonds. The van der Waals surface area contributed by atoms with E-state index in [0.717, 1.165) is 6.07 Å². The Balaban J connectivity index is 3.19. The summed E-state index contributed by atoms with van der Waals surface area (Å²) in [5, 5.41) is -0.707. The lowest BCUT2D eigenvalue weighted by Gasteiger charge is -2.11. The van der Waals surface area contributed by atoms with Gasteiger partial charge in [-0.25, -0.2) is 4.98 Å². The van der Waals surface area contributed by atoms with Gasteiger partial charge in [0, 0.05) is 6.07 Å². The zero-order valence-electron chi connectivity index (χ0n) is 8.68. The van der Waals surface area contributed by atoms with Crippen LogP contribution in [-0.2, 0) is 6.18 Å². The molecule has 16 heavy (non-hydrogen) atoms. The first-order valence-electron chi connectivity index (χ1n) is 4.57. The number of hydrogen-bond donors (Lipinski definition) is 0. The molecule has 1 unspecified atom stereocenters. The maximum absolute atomic E-state index is 12.5. The Kier molecular flexibility index (Phi) is 3.96. The zero-order valence-corrected chi connectivity index (χ0v) is 9.43. The first kappa shape index (κ1) is 13.0. The molecule has 0 radical (unpaired) electrons. The quantitative estimate of drug-likeness (QED) is 0.777. The van der Waals surface area contributed by atoms with Crippen LogP contribution in [0, 0.1) is 0 Å². The van der Waals surface area contributed by atoms with Crippen LogP contribution in [0.3, 0.4) is 0 Å². The third-order valence-corrected chi connectivity index (χ3v) is 1.85. The number of nitrogens with zero attached hydrogens (tertiary/aromatic N) is 2. The van der Waals surface area contributed by atoms with E-state index < -0.39 is 17.2 Å². The maximum atomic E-state index is 12.5. The van der Waals surface area contributed by atoms with Gasteiger partial charge in [-0.3, -0.25) is 0 Å². The van der Waals surface area contributed by atoms with E-state index in [1.54, 1.807) is 6.92 Å². The van der Waals surface area contributed by atoms with Gasteiger partial charge in [-0.2, -0.15) is 18.2 Å². The van der Waals surface area contributed by atoms with Crippen molar-refractivity contribution in [3.8, 4) is 5.88 Å². The summed E-state index contributed by atoms with van der Waals surface area (Å²) in [7, 11) is 0. The molecule has 0 fully saturated rings. The average molecular weight is 255 g/mol. The van der Waals surface area contributed by atoms with Crippen molar-refractivity contribution in [1.29, 1.82) is 0 Å². The molecule has 0 spiro atoms. The summed E-state index contributed by atoms with van der Waals surface area (Å²) in [6.45, 7) is 3.37. The molecule has 1 rings (SSSR count). The molecule has 0 aliphatic heterocycles. The van der Waals surface area contributed by atoms with Gasteiger partial charge in [-0.15, -0.1) is 11.6 Å². The second-order valence-electron chi connectivity index (χ2n) is 3.00. The smallest absolute Gasteiger partial charge is 0.433 e. The summed E-state index contributed by atoms with van der Waals surface area (Å²) in [5.41, 5.74) is -1.05. The molecule has 7 heteroatoms. The summed E-state index contributed by atoms with van der Waals surface area (Å²) in [6, 6.07) is 0.756. The fourth-order valence-corrected chi connectivity index (χ4v) is 1.09. The van der Waals surface area contributed by atoms with Crippen LogP contribution in [0.4, 0.5) is 13.2 Å². The van der Waals surface area contributed by atoms with E-state index in [2.05, 4.69) is 9.97 Å². The number of aromatic nitrogens is 2. The topological polar surface area (TPSA) is 35.0 Å². The van der Waals surface area contributed by atoms with Crippen molar-refractivity contribution in [2.45, 2.75) is 25.4 Å². The summed E-state index contributed by atoms with van der Waals surface area (Å²) in [4.78, 5) is 7.11. The minimum Gasteiger partial charge on any atom is -0.478 e. The molecule has 90 valence electrons. The van der Waals surface area contributed by atoms with Gasteiger partial charge in [0.1, 0.15) is 0 Å². The number of hydrogen-bond acceptors (Lipinski definition) is 3. The second kappa shape index (κ2) is 4.86. The van der Waals surface area contributed by atoms with E-state index in [1.165, 1.54) is 6.92 Å². The van der Waals surface area contributed by atoms with Crippen molar-refractivity contribution in [2.24, 2.45) is 0 Å². The third-order valence-electron chi connectivity index (χ3n) is 1.66. The Morgan fingerprint density at radius 2 is 2.06 bits per heavy atom. The lowest BCUT2D eigenvalue weighted by atomic mass is 10.3. The predicted octanol–water partition coefficient (Wildman–Crippen LogP) is 3.19. The fourth-order valence-electron chi connectivity index (χ4n) is 0.988. The monoisotopic (exact) mass is 254 g/mol. The van der Waals surface area contributed by atoms with Crippen molar-refractivity contribution in [3.05, 3.63) is 17.6 Å². The normalized spacial score (nSPS) is 13.6. The molecule has 1 heterocycles. The summed E-state index contributed by atoms with van der Waals surface area (Å²) in [6.07, 6.45) is -4.53. The van der Waals surface area contributed by atoms with Gasteiger partial charge in [0.2, 0.25) is 5.88 Å². The van der Waals surface area contributed by atoms with Gasteiger partial charge >= 0.3 is 6.18 Å². The van der Waals surface area contributed by atoms with Gasteiger partial charge in [-0.05, 0) is 13.8 Å². The number of alkyl halides is 4. The van der Waals surface area contributed by atoms with E-state index in [0.29, 0.717) is 0 Å². The van der Waals surface area contributed by atoms with Crippen LogP contribution >= 0.6 is 11.6 Å². The highest BCUT2D eigenvalue weighted by Gasteiger charge is 2.34. The number of halogens is 4.